The molecule has 0 spiro atoms. The highest BCUT2D eigenvalue weighted by Crippen LogP contribution is 2.43. The number of carbonyl (C=O) groups excluding carboxylic acids is 3. The van der Waals surface area contributed by atoms with Gasteiger partial charge in [-0.05, 0) is 122 Å². The molecule has 0 aromatic heterocycles. The highest BCUT2D eigenvalue weighted by molar-refractivity contribution is 7.47. The number of phosphoric acid groups is 1. The zero-order valence-corrected chi connectivity index (χ0v) is 50.0. The van der Waals surface area contributed by atoms with Gasteiger partial charge in [0.25, 0.3) is 0 Å². The fourth-order valence-corrected chi connectivity index (χ4v) is 8.57. The van der Waals surface area contributed by atoms with E-state index in [0.717, 1.165) is 122 Å². The molecule has 78 heavy (non-hydrogen) atoms. The van der Waals surface area contributed by atoms with Crippen molar-refractivity contribution in [2.75, 3.05) is 26.4 Å². The normalized spacial score (nSPS) is 14.2. The lowest BCUT2D eigenvalue weighted by molar-refractivity contribution is -0.161. The molecule has 0 aliphatic heterocycles. The van der Waals surface area contributed by atoms with Crippen LogP contribution in [0.5, 0.6) is 0 Å². The maximum Gasteiger partial charge on any atom is 0.472 e. The Morgan fingerprint density at radius 1 is 0.372 bits per heavy atom. The topological polar surface area (TPSA) is 155 Å². The summed E-state index contributed by atoms with van der Waals surface area (Å²) >= 11 is 0. The van der Waals surface area contributed by atoms with Crippen LogP contribution in [-0.2, 0) is 42.2 Å². The Labute approximate surface area is 475 Å². The number of phosphoric ester groups is 1. The minimum absolute atomic E-state index is 0.0806. The van der Waals surface area contributed by atoms with Gasteiger partial charge in [0.05, 0.1) is 19.8 Å². The SMILES string of the molecule is CC/C=C\C/C=C\C/C=C\C/C=C\C/C=C\CCCC(=O)OC(COC(=O)CCCCCCCCC/C=C\C/C=C\C/C=C\CC)COP(=O)(O)OCC(CO)OC(=O)CCCCCCCCC/C=C\C/C=C\CCCCC. The van der Waals surface area contributed by atoms with Crippen LogP contribution in [0.2, 0.25) is 0 Å². The number of hydrogen-bond donors (Lipinski definition) is 2. The Bertz CT molecular complexity index is 1770. The molecule has 0 fully saturated rings. The molecule has 3 atom stereocenters. The molecule has 0 saturated heterocycles. The standard InChI is InChI=1S/C66H109O11P/c1-4-7-10-13-16-19-22-25-28-31-34-37-40-43-46-49-52-55-64(68)73-59-63(77-66(70)57-54-51-48-45-42-39-36-33-30-27-24-21-18-15-12-9-6-3)61-75-78(71,72)74-60-62(58-67)76-65(69)56-53-50-47-44-41-38-35-32-29-26-23-20-17-14-11-8-5-2/h7,9-10,12,16-21,25-30,36,39,45,48,62-63,67H,4-6,8,11,13-15,22-24,31-35,37-38,40-44,46-47,49-61H2,1-3H3,(H,71,72)/b10-7-,12-9-,19-16-,20-17-,21-18-,28-25-,29-26-,30-27-,39-36-,48-45-. The first kappa shape index (κ1) is 73.9. The first-order valence-corrected chi connectivity index (χ1v) is 31.9. The van der Waals surface area contributed by atoms with Crippen LogP contribution < -0.4 is 0 Å². The molecular weight excluding hydrogens is 1000 g/mol. The second-order valence-electron chi connectivity index (χ2n) is 19.7. The van der Waals surface area contributed by atoms with Crippen molar-refractivity contribution >= 4 is 25.7 Å². The summed E-state index contributed by atoms with van der Waals surface area (Å²) in [6.07, 6.45) is 73.0. The van der Waals surface area contributed by atoms with E-state index in [1.165, 1.54) is 51.4 Å². The maximum absolute atomic E-state index is 12.9. The summed E-state index contributed by atoms with van der Waals surface area (Å²) in [5.74, 6) is -1.56. The lowest BCUT2D eigenvalue weighted by atomic mass is 10.1. The van der Waals surface area contributed by atoms with Gasteiger partial charge in [0, 0.05) is 19.3 Å². The molecular formula is C66H109O11P. The quantitative estimate of drug-likeness (QED) is 0.0197. The molecule has 444 valence electrons. The third kappa shape index (κ3) is 56.6. The van der Waals surface area contributed by atoms with Gasteiger partial charge in [-0.15, -0.1) is 0 Å². The van der Waals surface area contributed by atoms with Crippen LogP contribution >= 0.6 is 7.82 Å². The van der Waals surface area contributed by atoms with Gasteiger partial charge >= 0.3 is 25.7 Å². The first-order chi connectivity index (χ1) is 38.2. The predicted molar refractivity (Wildman–Crippen MR) is 325 cm³/mol. The molecule has 0 radical (unpaired) electrons. The molecule has 0 rings (SSSR count). The van der Waals surface area contributed by atoms with Crippen molar-refractivity contribution in [1.29, 1.82) is 0 Å². The molecule has 0 aromatic rings. The average molecular weight is 1110 g/mol. The van der Waals surface area contributed by atoms with E-state index in [4.69, 9.17) is 23.3 Å². The minimum atomic E-state index is -4.78. The number of esters is 3. The fourth-order valence-electron chi connectivity index (χ4n) is 7.79. The van der Waals surface area contributed by atoms with E-state index in [1.54, 1.807) is 0 Å². The molecule has 0 amide bonds. The second kappa shape index (κ2) is 59.0. The highest BCUT2D eigenvalue weighted by Gasteiger charge is 2.28. The highest BCUT2D eigenvalue weighted by atomic mass is 31.2. The van der Waals surface area contributed by atoms with E-state index >= 15 is 0 Å². The Balaban J connectivity index is 4.81. The third-order valence-electron chi connectivity index (χ3n) is 12.3. The van der Waals surface area contributed by atoms with Crippen LogP contribution in [0.1, 0.15) is 239 Å². The van der Waals surface area contributed by atoms with Crippen molar-refractivity contribution in [2.45, 2.75) is 251 Å². The third-order valence-corrected chi connectivity index (χ3v) is 13.3. The number of hydrogen-bond acceptors (Lipinski definition) is 10. The Kier molecular flexibility index (Phi) is 55.9. The number of unbranched alkanes of at least 4 members (excludes halogenated alkanes) is 18. The van der Waals surface area contributed by atoms with Gasteiger partial charge in [-0.1, -0.05) is 219 Å². The summed E-state index contributed by atoms with van der Waals surface area (Å²) in [7, 11) is -4.78. The number of rotatable bonds is 55. The zero-order chi connectivity index (χ0) is 56.9. The average Bonchev–Trinajstić information content (AvgIpc) is 3.43. The summed E-state index contributed by atoms with van der Waals surface area (Å²) in [5.41, 5.74) is 0. The molecule has 0 heterocycles. The van der Waals surface area contributed by atoms with E-state index in [-0.39, 0.29) is 25.9 Å². The molecule has 11 nitrogen and oxygen atoms in total. The lowest BCUT2D eigenvalue weighted by Gasteiger charge is -2.21. The smallest absolute Gasteiger partial charge is 0.462 e. The number of ether oxygens (including phenoxy) is 3. The van der Waals surface area contributed by atoms with Gasteiger partial charge in [0.2, 0.25) is 0 Å². The van der Waals surface area contributed by atoms with Crippen LogP contribution in [0.15, 0.2) is 122 Å². The van der Waals surface area contributed by atoms with Crippen molar-refractivity contribution in [3.8, 4) is 0 Å². The molecule has 0 bridgehead atoms. The summed E-state index contributed by atoms with van der Waals surface area (Å²) in [6.45, 7) is 4.31. The Morgan fingerprint density at radius 2 is 0.679 bits per heavy atom. The largest absolute Gasteiger partial charge is 0.472 e. The molecule has 3 unspecified atom stereocenters. The Morgan fingerprint density at radius 3 is 1.08 bits per heavy atom. The molecule has 0 aromatic carbocycles. The summed E-state index contributed by atoms with van der Waals surface area (Å²) < 4.78 is 39.5. The van der Waals surface area contributed by atoms with Crippen LogP contribution in [0.25, 0.3) is 0 Å². The van der Waals surface area contributed by atoms with E-state index in [0.29, 0.717) is 25.7 Å². The zero-order valence-electron chi connectivity index (χ0n) is 49.1. The summed E-state index contributed by atoms with van der Waals surface area (Å²) in [4.78, 5) is 48.7. The molecule has 12 heteroatoms. The van der Waals surface area contributed by atoms with Crippen LogP contribution in [0.4, 0.5) is 0 Å². The molecule has 2 N–H and O–H groups in total. The molecule has 0 saturated carbocycles. The lowest BCUT2D eigenvalue weighted by Crippen LogP contribution is -2.30. The maximum atomic E-state index is 12.9. The van der Waals surface area contributed by atoms with E-state index < -0.39 is 57.8 Å². The number of carbonyl (C=O) groups is 3. The van der Waals surface area contributed by atoms with E-state index in [1.807, 2.05) is 12.2 Å². The van der Waals surface area contributed by atoms with Crippen LogP contribution in [0.3, 0.4) is 0 Å². The van der Waals surface area contributed by atoms with Gasteiger partial charge in [-0.3, -0.25) is 23.4 Å². The first-order valence-electron chi connectivity index (χ1n) is 30.4. The van der Waals surface area contributed by atoms with Gasteiger partial charge in [-0.25, -0.2) is 4.57 Å². The monoisotopic (exact) mass is 1110 g/mol. The molecule has 0 aliphatic carbocycles. The summed E-state index contributed by atoms with van der Waals surface area (Å²) in [5, 5.41) is 9.84. The van der Waals surface area contributed by atoms with Crippen molar-refractivity contribution in [3.05, 3.63) is 122 Å². The summed E-state index contributed by atoms with van der Waals surface area (Å²) in [6, 6.07) is 0. The van der Waals surface area contributed by atoms with Crippen molar-refractivity contribution in [2.24, 2.45) is 0 Å². The fraction of sp³-hybridized carbons (Fsp3) is 0.652. The van der Waals surface area contributed by atoms with E-state index in [2.05, 4.69) is 130 Å². The second-order valence-corrected chi connectivity index (χ2v) is 21.2. The van der Waals surface area contributed by atoms with Gasteiger partial charge in [-0.2, -0.15) is 0 Å². The van der Waals surface area contributed by atoms with Crippen LogP contribution in [0, 0.1) is 0 Å². The van der Waals surface area contributed by atoms with Gasteiger partial charge < -0.3 is 24.2 Å². The Hall–Kier alpha value is -4.12. The minimum Gasteiger partial charge on any atom is -0.462 e. The molecule has 0 aliphatic rings. The van der Waals surface area contributed by atoms with Gasteiger partial charge in [0.1, 0.15) is 12.7 Å². The van der Waals surface area contributed by atoms with E-state index in [9.17, 15) is 28.9 Å². The van der Waals surface area contributed by atoms with Crippen molar-refractivity contribution in [3.63, 3.8) is 0 Å². The number of aliphatic hydroxyl groups is 1. The number of allylic oxidation sites excluding steroid dienone is 20. The van der Waals surface area contributed by atoms with Crippen molar-refractivity contribution < 1.29 is 52.2 Å². The van der Waals surface area contributed by atoms with Gasteiger partial charge in [0.15, 0.2) is 6.10 Å². The van der Waals surface area contributed by atoms with Crippen molar-refractivity contribution in [1.82, 2.24) is 0 Å². The number of aliphatic hydroxyl groups excluding tert-OH is 1. The predicted octanol–water partition coefficient (Wildman–Crippen LogP) is 18.4. The van der Waals surface area contributed by atoms with Crippen LogP contribution in [-0.4, -0.2) is 66.5 Å².